The van der Waals surface area contributed by atoms with Crippen molar-refractivity contribution in [2.45, 2.75) is 31.3 Å². The third-order valence-electron chi connectivity index (χ3n) is 3.73. The highest BCUT2D eigenvalue weighted by Crippen LogP contribution is 2.43. The van der Waals surface area contributed by atoms with Gasteiger partial charge in [-0.2, -0.15) is 0 Å². The molecule has 4 heteroatoms. The van der Waals surface area contributed by atoms with E-state index < -0.39 is 0 Å². The van der Waals surface area contributed by atoms with E-state index in [9.17, 15) is 4.79 Å². The van der Waals surface area contributed by atoms with Crippen LogP contribution in [0.4, 0.5) is 0 Å². The van der Waals surface area contributed by atoms with Gasteiger partial charge >= 0.3 is 0 Å². The summed E-state index contributed by atoms with van der Waals surface area (Å²) in [6.07, 6.45) is 2.56. The predicted molar refractivity (Wildman–Crippen MR) is 59.4 cm³/mol. The first-order chi connectivity index (χ1) is 6.94. The molecule has 1 heterocycles. The molecule has 1 aliphatic carbocycles. The van der Waals surface area contributed by atoms with Crippen molar-refractivity contribution < 1.29 is 4.79 Å². The lowest BCUT2D eigenvalue weighted by molar-refractivity contribution is -0.137. The summed E-state index contributed by atoms with van der Waals surface area (Å²) in [4.78, 5) is 15.5. The van der Waals surface area contributed by atoms with Crippen LogP contribution in [-0.4, -0.2) is 54.5 Å². The summed E-state index contributed by atoms with van der Waals surface area (Å²) >= 11 is 0. The van der Waals surface area contributed by atoms with Gasteiger partial charge in [-0.15, -0.1) is 0 Å². The van der Waals surface area contributed by atoms with Gasteiger partial charge in [-0.1, -0.05) is 0 Å². The lowest BCUT2D eigenvalue weighted by Crippen LogP contribution is -2.71. The topological polar surface area (TPSA) is 49.6 Å². The second-order valence-electron chi connectivity index (χ2n) is 5.32. The van der Waals surface area contributed by atoms with Gasteiger partial charge < -0.3 is 10.6 Å². The third-order valence-corrected chi connectivity index (χ3v) is 3.73. The molecule has 0 aromatic heterocycles. The van der Waals surface area contributed by atoms with E-state index in [0.717, 1.165) is 19.0 Å². The zero-order valence-corrected chi connectivity index (χ0v) is 9.86. The van der Waals surface area contributed by atoms with Crippen LogP contribution in [0.25, 0.3) is 0 Å². The molecule has 2 rings (SSSR count). The summed E-state index contributed by atoms with van der Waals surface area (Å²) in [5, 5.41) is 0. The molecule has 2 N–H and O–H groups in total. The Morgan fingerprint density at radius 3 is 2.40 bits per heavy atom. The molecular weight excluding hydrogens is 190 g/mol. The van der Waals surface area contributed by atoms with Crippen LogP contribution in [0.15, 0.2) is 0 Å². The average molecular weight is 211 g/mol. The Bertz CT molecular complexity index is 267. The fourth-order valence-corrected chi connectivity index (χ4v) is 2.43. The number of likely N-dealkylation sites (N-methyl/N-ethyl adjacent to an activating group) is 1. The molecule has 2 fully saturated rings. The van der Waals surface area contributed by atoms with E-state index in [2.05, 4.69) is 4.90 Å². The molecule has 1 aliphatic heterocycles. The van der Waals surface area contributed by atoms with Gasteiger partial charge in [0.25, 0.3) is 0 Å². The number of hydrogen-bond donors (Lipinski definition) is 1. The number of nitrogens with two attached hydrogens (primary N) is 1. The molecule has 0 spiro atoms. The Morgan fingerprint density at radius 2 is 2.00 bits per heavy atom. The standard InChI is InChI=1S/C11H21N3O/c1-8(10(15)13(2)3)14-6-11(12,7-14)9-4-5-9/h8-9H,4-7,12H2,1-3H3. The van der Waals surface area contributed by atoms with E-state index in [-0.39, 0.29) is 17.5 Å². The summed E-state index contributed by atoms with van der Waals surface area (Å²) in [6.45, 7) is 3.74. The zero-order chi connectivity index (χ0) is 11.2. The van der Waals surface area contributed by atoms with Crippen LogP contribution in [-0.2, 0) is 4.79 Å². The summed E-state index contributed by atoms with van der Waals surface area (Å²) in [7, 11) is 3.60. The van der Waals surface area contributed by atoms with Crippen molar-refractivity contribution in [1.29, 1.82) is 0 Å². The number of rotatable bonds is 3. The monoisotopic (exact) mass is 211 g/mol. The smallest absolute Gasteiger partial charge is 0.239 e. The molecule has 0 aromatic carbocycles. The number of carbonyl (C=O) groups excluding carboxylic acids is 1. The van der Waals surface area contributed by atoms with Crippen LogP contribution in [0, 0.1) is 5.92 Å². The quantitative estimate of drug-likeness (QED) is 0.708. The minimum atomic E-state index is -0.0181. The van der Waals surface area contributed by atoms with Crippen molar-refractivity contribution in [3.63, 3.8) is 0 Å². The van der Waals surface area contributed by atoms with Crippen molar-refractivity contribution in [2.24, 2.45) is 11.7 Å². The first kappa shape index (κ1) is 10.9. The van der Waals surface area contributed by atoms with Gasteiger partial charge in [0.2, 0.25) is 5.91 Å². The summed E-state index contributed by atoms with van der Waals surface area (Å²) in [6, 6.07) is -0.0181. The summed E-state index contributed by atoms with van der Waals surface area (Å²) in [5.74, 6) is 0.892. The van der Waals surface area contributed by atoms with Gasteiger partial charge in [-0.05, 0) is 25.7 Å². The minimum absolute atomic E-state index is 0.0147. The van der Waals surface area contributed by atoms with Crippen LogP contribution >= 0.6 is 0 Å². The van der Waals surface area contributed by atoms with Crippen molar-refractivity contribution in [3.05, 3.63) is 0 Å². The number of amides is 1. The van der Waals surface area contributed by atoms with Crippen molar-refractivity contribution >= 4 is 5.91 Å². The second kappa shape index (κ2) is 3.46. The molecule has 1 saturated heterocycles. The maximum atomic E-state index is 11.7. The molecule has 1 unspecified atom stereocenters. The summed E-state index contributed by atoms with van der Waals surface area (Å²) < 4.78 is 0. The maximum Gasteiger partial charge on any atom is 0.239 e. The van der Waals surface area contributed by atoms with Crippen LogP contribution in [0.1, 0.15) is 19.8 Å². The first-order valence-electron chi connectivity index (χ1n) is 5.68. The number of carbonyl (C=O) groups is 1. The van der Waals surface area contributed by atoms with Gasteiger partial charge in [-0.25, -0.2) is 0 Å². The Morgan fingerprint density at radius 1 is 1.47 bits per heavy atom. The fraction of sp³-hybridized carbons (Fsp3) is 0.909. The zero-order valence-electron chi connectivity index (χ0n) is 9.86. The molecule has 86 valence electrons. The van der Waals surface area contributed by atoms with Crippen molar-refractivity contribution in [2.75, 3.05) is 27.2 Å². The highest BCUT2D eigenvalue weighted by molar-refractivity contribution is 5.81. The minimum Gasteiger partial charge on any atom is -0.347 e. The van der Waals surface area contributed by atoms with E-state index in [1.54, 1.807) is 19.0 Å². The van der Waals surface area contributed by atoms with Crippen LogP contribution in [0.5, 0.6) is 0 Å². The molecule has 4 nitrogen and oxygen atoms in total. The van der Waals surface area contributed by atoms with E-state index in [1.165, 1.54) is 12.8 Å². The highest BCUT2D eigenvalue weighted by atomic mass is 16.2. The molecule has 0 radical (unpaired) electrons. The third kappa shape index (κ3) is 1.88. The molecular formula is C11H21N3O. The molecule has 15 heavy (non-hydrogen) atoms. The average Bonchev–Trinajstić information content (AvgIpc) is 2.93. The van der Waals surface area contributed by atoms with Gasteiger partial charge in [0, 0.05) is 32.7 Å². The molecule has 1 amide bonds. The van der Waals surface area contributed by atoms with Crippen LogP contribution < -0.4 is 5.73 Å². The van der Waals surface area contributed by atoms with Gasteiger partial charge in [-0.3, -0.25) is 9.69 Å². The molecule has 1 atom stereocenters. The van der Waals surface area contributed by atoms with Crippen molar-refractivity contribution in [3.8, 4) is 0 Å². The second-order valence-corrected chi connectivity index (χ2v) is 5.32. The van der Waals surface area contributed by atoms with Gasteiger partial charge in [0.1, 0.15) is 0 Å². The van der Waals surface area contributed by atoms with E-state index in [0.29, 0.717) is 0 Å². The normalized spacial score (nSPS) is 26.9. The van der Waals surface area contributed by atoms with E-state index in [4.69, 9.17) is 5.73 Å². The fourth-order valence-electron chi connectivity index (χ4n) is 2.43. The highest BCUT2D eigenvalue weighted by Gasteiger charge is 2.52. The summed E-state index contributed by atoms with van der Waals surface area (Å²) in [5.41, 5.74) is 6.26. The molecule has 0 bridgehead atoms. The van der Waals surface area contributed by atoms with Crippen LogP contribution in [0.2, 0.25) is 0 Å². The number of nitrogens with zero attached hydrogens (tertiary/aromatic N) is 2. The largest absolute Gasteiger partial charge is 0.347 e. The lowest BCUT2D eigenvalue weighted by atomic mass is 9.84. The molecule has 2 aliphatic rings. The maximum absolute atomic E-state index is 11.7. The Hall–Kier alpha value is -0.610. The van der Waals surface area contributed by atoms with E-state index >= 15 is 0 Å². The van der Waals surface area contributed by atoms with Crippen LogP contribution in [0.3, 0.4) is 0 Å². The predicted octanol–water partition coefficient (Wildman–Crippen LogP) is -0.114. The Labute approximate surface area is 91.4 Å². The van der Waals surface area contributed by atoms with E-state index in [1.807, 2.05) is 6.92 Å². The number of likely N-dealkylation sites (tertiary alicyclic amines) is 1. The number of hydrogen-bond acceptors (Lipinski definition) is 3. The molecule has 1 saturated carbocycles. The molecule has 0 aromatic rings. The lowest BCUT2D eigenvalue weighted by Gasteiger charge is -2.50. The SMILES string of the molecule is CC(C(=O)N(C)C)N1CC(N)(C2CC2)C1. The first-order valence-corrected chi connectivity index (χ1v) is 5.68. The van der Waals surface area contributed by atoms with Gasteiger partial charge in [0.15, 0.2) is 0 Å². The van der Waals surface area contributed by atoms with Gasteiger partial charge in [0.05, 0.1) is 6.04 Å². The Balaban J connectivity index is 1.85. The Kier molecular flexibility index (Phi) is 2.51. The van der Waals surface area contributed by atoms with Crippen molar-refractivity contribution in [1.82, 2.24) is 9.80 Å².